The summed E-state index contributed by atoms with van der Waals surface area (Å²) in [7, 11) is 0. The normalized spacial score (nSPS) is 16.3. The second-order valence-corrected chi connectivity index (χ2v) is 8.30. The van der Waals surface area contributed by atoms with Crippen LogP contribution in [0, 0.1) is 0 Å². The fourth-order valence-corrected chi connectivity index (χ4v) is 4.85. The summed E-state index contributed by atoms with van der Waals surface area (Å²) in [5.41, 5.74) is 2.17. The van der Waals surface area contributed by atoms with Crippen molar-refractivity contribution >= 4 is 40.0 Å². The van der Waals surface area contributed by atoms with E-state index in [2.05, 4.69) is 32.4 Å². The van der Waals surface area contributed by atoms with Gasteiger partial charge in [0.2, 0.25) is 0 Å². The molecule has 1 aromatic carbocycles. The van der Waals surface area contributed by atoms with Crippen LogP contribution in [0.2, 0.25) is 5.02 Å². The summed E-state index contributed by atoms with van der Waals surface area (Å²) >= 11 is 9.45. The predicted octanol–water partition coefficient (Wildman–Crippen LogP) is 4.50. The van der Waals surface area contributed by atoms with Crippen LogP contribution in [-0.2, 0) is 11.3 Å². The van der Waals surface area contributed by atoms with Crippen molar-refractivity contribution in [3.8, 4) is 10.6 Å². The highest BCUT2D eigenvalue weighted by Gasteiger charge is 2.13. The molecule has 1 fully saturated rings. The third-order valence-corrected chi connectivity index (χ3v) is 6.37. The topological polar surface area (TPSA) is 29.8 Å². The molecule has 3 heterocycles. The Morgan fingerprint density at radius 3 is 2.58 bits per heavy atom. The van der Waals surface area contributed by atoms with E-state index in [0.717, 1.165) is 54.9 Å². The predicted molar refractivity (Wildman–Crippen MR) is 110 cm³/mol. The van der Waals surface area contributed by atoms with Crippen LogP contribution in [0.3, 0.4) is 0 Å². The van der Waals surface area contributed by atoms with E-state index < -0.39 is 0 Å². The van der Waals surface area contributed by atoms with Gasteiger partial charge in [0.05, 0.1) is 29.5 Å². The molecule has 3 aromatic rings. The van der Waals surface area contributed by atoms with E-state index in [1.165, 1.54) is 10.6 Å². The molecule has 4 nitrogen and oxygen atoms in total. The van der Waals surface area contributed by atoms with Gasteiger partial charge in [-0.05, 0) is 35.7 Å². The molecule has 136 valence electrons. The lowest BCUT2D eigenvalue weighted by Crippen LogP contribution is -2.39. The average molecular weight is 406 g/mol. The maximum Gasteiger partial charge on any atom is 0.190 e. The molecule has 2 aromatic heterocycles. The lowest BCUT2D eigenvalue weighted by molar-refractivity contribution is 0.0363. The van der Waals surface area contributed by atoms with Crippen LogP contribution >= 0.6 is 34.3 Å². The van der Waals surface area contributed by atoms with Crippen molar-refractivity contribution in [1.82, 2.24) is 9.47 Å². The highest BCUT2D eigenvalue weighted by Crippen LogP contribution is 2.25. The molecule has 0 atom stereocenters. The minimum atomic E-state index is 0.731. The van der Waals surface area contributed by atoms with Gasteiger partial charge in [-0.3, -0.25) is 4.90 Å². The highest BCUT2D eigenvalue weighted by molar-refractivity contribution is 7.14. The quantitative estimate of drug-likeness (QED) is 0.625. The summed E-state index contributed by atoms with van der Waals surface area (Å²) in [5.74, 6) is 0. The van der Waals surface area contributed by atoms with Crippen LogP contribution in [0.5, 0.6) is 0 Å². The molecular weight excluding hydrogens is 386 g/mol. The van der Waals surface area contributed by atoms with Crippen molar-refractivity contribution in [3.05, 3.63) is 57.0 Å². The first-order valence-corrected chi connectivity index (χ1v) is 10.8. The summed E-state index contributed by atoms with van der Waals surface area (Å²) in [5, 5.41) is 5.06. The minimum absolute atomic E-state index is 0.731. The number of morpholine rings is 1. The molecule has 0 spiro atoms. The Bertz CT molecular complexity index is 894. The molecular formula is C19H20ClN3OS2. The number of ether oxygens (including phenoxy) is 1. The number of thiazole rings is 1. The van der Waals surface area contributed by atoms with Gasteiger partial charge in [0, 0.05) is 36.6 Å². The van der Waals surface area contributed by atoms with Gasteiger partial charge < -0.3 is 9.30 Å². The lowest BCUT2D eigenvalue weighted by atomic mass is 10.3. The molecule has 0 unspecified atom stereocenters. The van der Waals surface area contributed by atoms with E-state index in [1.54, 1.807) is 22.7 Å². The summed E-state index contributed by atoms with van der Waals surface area (Å²) < 4.78 is 7.79. The van der Waals surface area contributed by atoms with Crippen LogP contribution in [0.1, 0.15) is 0 Å². The smallest absolute Gasteiger partial charge is 0.190 e. The molecule has 0 saturated carbocycles. The molecule has 26 heavy (non-hydrogen) atoms. The fraction of sp³-hybridized carbons (Fsp3) is 0.316. The Balaban J connectivity index is 1.65. The second-order valence-electron chi connectivity index (χ2n) is 6.07. The summed E-state index contributed by atoms with van der Waals surface area (Å²) in [6, 6.07) is 11.9. The number of benzene rings is 1. The van der Waals surface area contributed by atoms with Crippen molar-refractivity contribution in [3.63, 3.8) is 0 Å². The van der Waals surface area contributed by atoms with Crippen LogP contribution in [0.15, 0.2) is 52.2 Å². The van der Waals surface area contributed by atoms with Crippen molar-refractivity contribution in [2.24, 2.45) is 4.99 Å². The van der Waals surface area contributed by atoms with Gasteiger partial charge in [0.25, 0.3) is 0 Å². The first kappa shape index (κ1) is 17.9. The van der Waals surface area contributed by atoms with Crippen molar-refractivity contribution in [2.45, 2.75) is 6.54 Å². The Kier molecular flexibility index (Phi) is 5.87. The van der Waals surface area contributed by atoms with Crippen LogP contribution in [0.25, 0.3) is 10.6 Å². The fourth-order valence-electron chi connectivity index (χ4n) is 2.95. The number of aromatic nitrogens is 1. The number of hydrogen-bond acceptors (Lipinski definition) is 5. The average Bonchev–Trinajstić information content (AvgIpc) is 3.32. The van der Waals surface area contributed by atoms with E-state index >= 15 is 0 Å². The van der Waals surface area contributed by atoms with E-state index in [1.807, 2.05) is 24.3 Å². The van der Waals surface area contributed by atoms with E-state index in [4.69, 9.17) is 21.3 Å². The van der Waals surface area contributed by atoms with E-state index in [-0.39, 0.29) is 0 Å². The largest absolute Gasteiger partial charge is 0.379 e. The third kappa shape index (κ3) is 4.27. The number of rotatable bonds is 5. The second kappa shape index (κ2) is 8.50. The van der Waals surface area contributed by atoms with Gasteiger partial charge in [-0.2, -0.15) is 0 Å². The maximum absolute atomic E-state index is 5.99. The minimum Gasteiger partial charge on any atom is -0.379 e. The van der Waals surface area contributed by atoms with Crippen molar-refractivity contribution in [1.29, 1.82) is 0 Å². The first-order chi connectivity index (χ1) is 12.8. The Hall–Kier alpha value is -1.44. The Labute approximate surface area is 166 Å². The number of thiophene rings is 1. The van der Waals surface area contributed by atoms with Gasteiger partial charge >= 0.3 is 0 Å². The zero-order chi connectivity index (χ0) is 17.8. The Morgan fingerprint density at radius 1 is 1.04 bits per heavy atom. The van der Waals surface area contributed by atoms with Gasteiger partial charge in [-0.1, -0.05) is 17.7 Å². The SMILES string of the molecule is Clc1ccc(N=c2scc(-c3cccs3)n2CCN2CCOCC2)cc1. The van der Waals surface area contributed by atoms with Crippen molar-refractivity contribution < 1.29 is 4.74 Å². The molecule has 0 aliphatic carbocycles. The van der Waals surface area contributed by atoms with Gasteiger partial charge in [0.15, 0.2) is 4.80 Å². The lowest BCUT2D eigenvalue weighted by Gasteiger charge is -2.26. The zero-order valence-electron chi connectivity index (χ0n) is 14.3. The Morgan fingerprint density at radius 2 is 1.85 bits per heavy atom. The number of hydrogen-bond donors (Lipinski definition) is 0. The maximum atomic E-state index is 5.99. The standard InChI is InChI=1S/C19H20ClN3OS2/c20-15-3-5-16(6-4-15)21-19-23(8-7-22-9-11-24-12-10-22)17(14-26-19)18-2-1-13-25-18/h1-6,13-14H,7-12H2. The molecule has 0 amide bonds. The summed E-state index contributed by atoms with van der Waals surface area (Å²) in [4.78, 5) is 9.61. The van der Waals surface area contributed by atoms with Gasteiger partial charge in [-0.15, -0.1) is 22.7 Å². The van der Waals surface area contributed by atoms with Crippen LogP contribution in [-0.4, -0.2) is 42.3 Å². The molecule has 0 N–H and O–H groups in total. The van der Waals surface area contributed by atoms with Crippen molar-refractivity contribution in [2.75, 3.05) is 32.8 Å². The monoisotopic (exact) mass is 405 g/mol. The molecule has 1 aliphatic rings. The number of nitrogens with zero attached hydrogens (tertiary/aromatic N) is 3. The van der Waals surface area contributed by atoms with E-state index in [0.29, 0.717) is 0 Å². The van der Waals surface area contributed by atoms with Gasteiger partial charge in [-0.25, -0.2) is 4.99 Å². The van der Waals surface area contributed by atoms with Gasteiger partial charge in [0.1, 0.15) is 0 Å². The molecule has 1 saturated heterocycles. The zero-order valence-corrected chi connectivity index (χ0v) is 16.7. The molecule has 0 bridgehead atoms. The number of halogens is 1. The summed E-state index contributed by atoms with van der Waals surface area (Å²) in [6.45, 7) is 5.59. The highest BCUT2D eigenvalue weighted by atomic mass is 35.5. The first-order valence-electron chi connectivity index (χ1n) is 8.62. The summed E-state index contributed by atoms with van der Waals surface area (Å²) in [6.07, 6.45) is 0. The molecule has 4 rings (SSSR count). The van der Waals surface area contributed by atoms with Crippen LogP contribution < -0.4 is 4.80 Å². The molecule has 0 radical (unpaired) electrons. The van der Waals surface area contributed by atoms with E-state index in [9.17, 15) is 0 Å². The van der Waals surface area contributed by atoms with Crippen LogP contribution in [0.4, 0.5) is 5.69 Å². The molecule has 1 aliphatic heterocycles. The molecule has 7 heteroatoms. The third-order valence-electron chi connectivity index (χ3n) is 4.37.